The van der Waals surface area contributed by atoms with Crippen molar-refractivity contribution < 1.29 is 15.1 Å². The van der Waals surface area contributed by atoms with Gasteiger partial charge in [-0.3, -0.25) is 4.79 Å². The van der Waals surface area contributed by atoms with Crippen molar-refractivity contribution in [1.29, 1.82) is 0 Å². The first kappa shape index (κ1) is 10.3. The molecule has 1 atom stereocenters. The third kappa shape index (κ3) is 4.72. The fraction of sp³-hybridized carbons (Fsp3) is 0.833. The van der Waals surface area contributed by atoms with Gasteiger partial charge in [0, 0.05) is 0 Å². The van der Waals surface area contributed by atoms with Crippen LogP contribution < -0.4 is 11.2 Å². The Balaban J connectivity index is 3.44. The number of carbonyl (C=O) groups is 1. The highest BCUT2D eigenvalue weighted by Crippen LogP contribution is 1.99. The summed E-state index contributed by atoms with van der Waals surface area (Å²) in [6, 6.07) is -0.860. The molecule has 0 aromatic rings. The van der Waals surface area contributed by atoms with E-state index in [1.165, 1.54) is 0 Å². The Morgan fingerprint density at radius 1 is 1.55 bits per heavy atom. The van der Waals surface area contributed by atoms with Crippen molar-refractivity contribution >= 4 is 5.97 Å². The minimum Gasteiger partial charge on any atom is -0.480 e. The molecular weight excluding hydrogens is 150 g/mol. The van der Waals surface area contributed by atoms with Gasteiger partial charge in [-0.2, -0.15) is 5.48 Å². The van der Waals surface area contributed by atoms with E-state index in [1.807, 2.05) is 0 Å². The lowest BCUT2D eigenvalue weighted by Crippen LogP contribution is -2.34. The second kappa shape index (κ2) is 6.09. The maximum Gasteiger partial charge on any atom is 0.323 e. The highest BCUT2D eigenvalue weighted by molar-refractivity contribution is 5.73. The fourth-order valence-electron chi connectivity index (χ4n) is 0.736. The van der Waals surface area contributed by atoms with Gasteiger partial charge in [-0.15, -0.1) is 0 Å². The van der Waals surface area contributed by atoms with Gasteiger partial charge < -0.3 is 16.0 Å². The first-order chi connectivity index (χ1) is 5.22. The van der Waals surface area contributed by atoms with E-state index in [0.717, 1.165) is 6.42 Å². The van der Waals surface area contributed by atoms with E-state index in [2.05, 4.69) is 0 Å². The molecule has 0 spiro atoms. The highest BCUT2D eigenvalue weighted by atomic mass is 16.5. The molecule has 0 unspecified atom stereocenters. The fourth-order valence-corrected chi connectivity index (χ4v) is 0.736. The van der Waals surface area contributed by atoms with Crippen LogP contribution >= 0.6 is 0 Å². The van der Waals surface area contributed by atoms with Crippen LogP contribution in [0.15, 0.2) is 0 Å². The number of carboxylic acids is 1. The molecule has 0 fully saturated rings. The lowest BCUT2D eigenvalue weighted by molar-refractivity contribution is -0.142. The molecule has 0 radical (unpaired) electrons. The molecule has 5 heteroatoms. The zero-order valence-corrected chi connectivity index (χ0v) is 6.29. The first-order valence-electron chi connectivity index (χ1n) is 3.55. The molecule has 0 aliphatic rings. The van der Waals surface area contributed by atoms with Gasteiger partial charge in [0.05, 0.1) is 0 Å². The van der Waals surface area contributed by atoms with Gasteiger partial charge in [0.2, 0.25) is 0 Å². The van der Waals surface area contributed by atoms with Crippen LogP contribution in [-0.2, 0) is 4.79 Å². The van der Waals surface area contributed by atoms with Crippen LogP contribution in [0.25, 0.3) is 0 Å². The normalized spacial score (nSPS) is 12.9. The van der Waals surface area contributed by atoms with Crippen LogP contribution in [0.1, 0.15) is 19.3 Å². The van der Waals surface area contributed by atoms with Crippen LogP contribution in [0.2, 0.25) is 0 Å². The van der Waals surface area contributed by atoms with Crippen molar-refractivity contribution in [1.82, 2.24) is 5.48 Å². The van der Waals surface area contributed by atoms with Crippen LogP contribution in [0.4, 0.5) is 0 Å². The summed E-state index contributed by atoms with van der Waals surface area (Å²) in [5.74, 6) is -1.04. The minimum atomic E-state index is -1.04. The predicted molar refractivity (Wildman–Crippen MR) is 39.3 cm³/mol. The number of hydrogen-bond acceptors (Lipinski definition) is 4. The number of rotatable bonds is 6. The second-order valence-corrected chi connectivity index (χ2v) is 2.30. The lowest BCUT2D eigenvalue weighted by atomic mass is 10.3. The van der Waals surface area contributed by atoms with Gasteiger partial charge in [-0.1, -0.05) is 0 Å². The molecule has 0 saturated carbocycles. The summed E-state index contributed by atoms with van der Waals surface area (Å²) in [5, 5.41) is 16.8. The van der Waals surface area contributed by atoms with Crippen molar-refractivity contribution in [3.63, 3.8) is 0 Å². The Morgan fingerprint density at radius 2 is 2.18 bits per heavy atom. The van der Waals surface area contributed by atoms with Crippen LogP contribution in [-0.4, -0.2) is 28.9 Å². The Labute approximate surface area is 65.2 Å². The monoisotopic (exact) mass is 164 g/mol. The zero-order valence-electron chi connectivity index (χ0n) is 6.29. The molecule has 0 bridgehead atoms. The summed E-state index contributed by atoms with van der Waals surface area (Å²) in [4.78, 5) is 10.3. The minimum absolute atomic E-state index is 0.406. The second-order valence-electron chi connectivity index (χ2n) is 2.30. The molecule has 11 heavy (non-hydrogen) atoms. The van der Waals surface area contributed by atoms with Crippen molar-refractivity contribution in [3.8, 4) is 0 Å². The molecule has 5 N–H and O–H groups in total. The molecule has 0 heterocycles. The maximum absolute atomic E-state index is 10.3. The topological polar surface area (TPSA) is 95.6 Å². The van der Waals surface area contributed by atoms with Crippen LogP contribution in [0.3, 0.4) is 0 Å². The number of nitrogens with two attached hydrogens (primary N) is 1. The van der Waals surface area contributed by atoms with E-state index >= 15 is 0 Å². The van der Waals surface area contributed by atoms with E-state index in [0.29, 0.717) is 19.4 Å². The number of hydroxylamine groups is 1. The van der Waals surface area contributed by atoms with Crippen molar-refractivity contribution in [2.24, 2.45) is 5.73 Å². The molecule has 66 valence electrons. The number of hydrogen-bond donors (Lipinski definition) is 4. The SMILES string of the molecule is NCCCC[14C@H](NO)C(=O)O. The molecule has 0 amide bonds. The number of unbranched alkanes of at least 4 members (excludes halogenated alkanes) is 1. The van der Waals surface area contributed by atoms with Gasteiger partial charge in [-0.25, -0.2) is 0 Å². The molecule has 0 aromatic carbocycles. The van der Waals surface area contributed by atoms with Crippen LogP contribution in [0.5, 0.6) is 0 Å². The van der Waals surface area contributed by atoms with Gasteiger partial charge in [0.25, 0.3) is 0 Å². The van der Waals surface area contributed by atoms with Gasteiger partial charge in [0.1, 0.15) is 6.04 Å². The molecule has 0 rings (SSSR count). The summed E-state index contributed by atoms with van der Waals surface area (Å²) in [7, 11) is 0. The molecular formula is C6H14N2O3. The first-order valence-corrected chi connectivity index (χ1v) is 3.55. The van der Waals surface area contributed by atoms with Crippen LogP contribution in [0, 0.1) is 0 Å². The zero-order chi connectivity index (χ0) is 8.69. The molecule has 0 aromatic heterocycles. The van der Waals surface area contributed by atoms with E-state index in [1.54, 1.807) is 5.48 Å². The Hall–Kier alpha value is -0.650. The summed E-state index contributed by atoms with van der Waals surface area (Å²) in [6.07, 6.45) is 1.90. The summed E-state index contributed by atoms with van der Waals surface area (Å²) >= 11 is 0. The van der Waals surface area contributed by atoms with E-state index in [-0.39, 0.29) is 0 Å². The highest BCUT2D eigenvalue weighted by Gasteiger charge is 2.14. The maximum atomic E-state index is 10.3. The standard InChI is InChI=1S/C6H14N2O3/c7-4-2-1-3-5(8-11)6(9)10/h5,8,11H,1-4,7H2,(H,9,10)/t5-/m0/s1/i5+2. The summed E-state index contributed by atoms with van der Waals surface area (Å²) < 4.78 is 0. The summed E-state index contributed by atoms with van der Waals surface area (Å²) in [6.45, 7) is 0.553. The number of aliphatic carboxylic acids is 1. The van der Waals surface area contributed by atoms with E-state index in [4.69, 9.17) is 16.0 Å². The third-order valence-corrected chi connectivity index (χ3v) is 1.40. The Morgan fingerprint density at radius 3 is 2.55 bits per heavy atom. The molecule has 5 nitrogen and oxygen atoms in total. The average Bonchev–Trinajstić information content (AvgIpc) is 1.97. The smallest absolute Gasteiger partial charge is 0.323 e. The van der Waals surface area contributed by atoms with E-state index < -0.39 is 12.0 Å². The largest absolute Gasteiger partial charge is 0.480 e. The Bertz CT molecular complexity index is 118. The van der Waals surface area contributed by atoms with Gasteiger partial charge in [-0.05, 0) is 25.8 Å². The number of nitrogens with one attached hydrogen (secondary N) is 1. The van der Waals surface area contributed by atoms with Crippen molar-refractivity contribution in [2.75, 3.05) is 6.54 Å². The quantitative estimate of drug-likeness (QED) is 0.315. The molecule has 0 aliphatic heterocycles. The summed E-state index contributed by atoms with van der Waals surface area (Å²) in [5.41, 5.74) is 6.92. The average molecular weight is 164 g/mol. The number of carboxylic acid groups (broad SMARTS) is 1. The predicted octanol–water partition coefficient (Wildman–Crippen LogP) is -0.453. The van der Waals surface area contributed by atoms with Crippen molar-refractivity contribution in [3.05, 3.63) is 0 Å². The van der Waals surface area contributed by atoms with E-state index in [9.17, 15) is 4.79 Å². The van der Waals surface area contributed by atoms with Gasteiger partial charge >= 0.3 is 5.97 Å². The lowest BCUT2D eigenvalue weighted by Gasteiger charge is -2.08. The van der Waals surface area contributed by atoms with Gasteiger partial charge in [0.15, 0.2) is 0 Å². The Kier molecular flexibility index (Phi) is 5.73. The third-order valence-electron chi connectivity index (χ3n) is 1.40. The molecule has 0 saturated heterocycles. The molecule has 0 aliphatic carbocycles. The van der Waals surface area contributed by atoms with Crippen molar-refractivity contribution in [2.45, 2.75) is 25.3 Å².